The largest absolute Gasteiger partial charge is 0.481 e. The molecule has 2 aliphatic carbocycles. The van der Waals surface area contributed by atoms with E-state index in [1.165, 1.54) is 0 Å². The van der Waals surface area contributed by atoms with Crippen molar-refractivity contribution in [3.05, 3.63) is 23.2 Å². The highest BCUT2D eigenvalue weighted by molar-refractivity contribution is 7.92. The first-order valence-corrected chi connectivity index (χ1v) is 13.6. The molecule has 2 amide bonds. The predicted octanol–water partition coefficient (Wildman–Crippen LogP) is 3.49. The summed E-state index contributed by atoms with van der Waals surface area (Å²) in [4.78, 5) is 26.5. The Kier molecular flexibility index (Phi) is 7.10. The summed E-state index contributed by atoms with van der Waals surface area (Å²) in [6.07, 6.45) is -6.77. The Bertz CT molecular complexity index is 1290. The molecule has 1 aromatic carbocycles. The molecule has 0 spiro atoms. The number of rotatable bonds is 7. The number of nitrogens with zero attached hydrogens (tertiary/aromatic N) is 2. The van der Waals surface area contributed by atoms with Crippen molar-refractivity contribution in [1.29, 1.82) is 5.26 Å². The molecule has 1 heterocycles. The molecule has 0 bridgehead atoms. The molecule has 8 nitrogen and oxygen atoms in total. The Hall–Kier alpha value is -2.66. The van der Waals surface area contributed by atoms with Crippen LogP contribution in [0, 0.1) is 23.2 Å². The molecule has 0 radical (unpaired) electrons. The van der Waals surface area contributed by atoms with E-state index in [-0.39, 0.29) is 18.6 Å². The SMILES string of the molecule is C[C@H](Oc1ccc(S(=O)(=O)[C@H]2CC(C(=O)N3CC(F)(F)C3)[C@H](C(=O)NC3(C#N)CC3)C2)c(Cl)c1)C(F)(F)F. The second-order valence-corrected chi connectivity index (χ2v) is 12.6. The number of ether oxygens (including phenoxy) is 1. The molecular weight excluding hydrogens is 561 g/mol. The lowest BCUT2D eigenvalue weighted by Crippen LogP contribution is -2.60. The number of nitrogens with one attached hydrogen (secondary N) is 1. The molecule has 38 heavy (non-hydrogen) atoms. The second-order valence-electron chi connectivity index (χ2n) is 9.98. The predicted molar refractivity (Wildman–Crippen MR) is 122 cm³/mol. The van der Waals surface area contributed by atoms with Crippen molar-refractivity contribution < 1.29 is 44.7 Å². The highest BCUT2D eigenvalue weighted by atomic mass is 35.5. The van der Waals surface area contributed by atoms with E-state index in [2.05, 4.69) is 5.32 Å². The van der Waals surface area contributed by atoms with Crippen molar-refractivity contribution in [2.24, 2.45) is 11.8 Å². The lowest BCUT2D eigenvalue weighted by molar-refractivity contribution is -0.189. The number of carbonyl (C=O) groups is 2. The van der Waals surface area contributed by atoms with E-state index in [0.29, 0.717) is 12.8 Å². The van der Waals surface area contributed by atoms with Crippen LogP contribution < -0.4 is 10.1 Å². The van der Waals surface area contributed by atoms with Gasteiger partial charge in [0.25, 0.3) is 5.92 Å². The van der Waals surface area contributed by atoms with Crippen LogP contribution in [0.1, 0.15) is 32.6 Å². The average molecular weight is 584 g/mol. The summed E-state index contributed by atoms with van der Waals surface area (Å²) in [6.45, 7) is -0.925. The van der Waals surface area contributed by atoms with Crippen LogP contribution in [0.3, 0.4) is 0 Å². The van der Waals surface area contributed by atoms with E-state index >= 15 is 0 Å². The van der Waals surface area contributed by atoms with Crippen molar-refractivity contribution >= 4 is 33.3 Å². The van der Waals surface area contributed by atoms with Gasteiger partial charge in [0.05, 0.1) is 46.2 Å². The van der Waals surface area contributed by atoms with Crippen molar-refractivity contribution in [3.63, 3.8) is 0 Å². The van der Waals surface area contributed by atoms with Crippen LogP contribution in [0.5, 0.6) is 5.75 Å². The molecule has 1 N–H and O–H groups in total. The standard InChI is InChI=1S/C23H23ClF5N3O5S/c1-12(23(27,28)29)37-13-2-3-18(17(24)6-13)38(35,36)14-7-15(19(33)31-21(9-30)4-5-21)16(8-14)20(34)32-10-22(25,26)11-32/h2-3,6,12,14-16H,4-5,7-8,10-11H2,1H3,(H,31,33)/t12-,14+,15+,16?/m0/s1. The number of amides is 2. The second kappa shape index (κ2) is 9.51. The molecule has 3 aliphatic rings. The fourth-order valence-electron chi connectivity index (χ4n) is 4.66. The Morgan fingerprint density at radius 1 is 1.21 bits per heavy atom. The zero-order valence-electron chi connectivity index (χ0n) is 19.9. The number of hydrogen-bond acceptors (Lipinski definition) is 6. The summed E-state index contributed by atoms with van der Waals surface area (Å²) < 4.78 is 96.9. The maximum absolute atomic E-state index is 13.5. The number of likely N-dealkylation sites (tertiary alicyclic amines) is 1. The fraction of sp³-hybridized carbons (Fsp3) is 0.609. The molecule has 4 atom stereocenters. The van der Waals surface area contributed by atoms with Gasteiger partial charge in [0.1, 0.15) is 11.3 Å². The van der Waals surface area contributed by atoms with Crippen LogP contribution in [0.4, 0.5) is 22.0 Å². The molecule has 3 fully saturated rings. The first-order valence-electron chi connectivity index (χ1n) is 11.6. The monoisotopic (exact) mass is 583 g/mol. The molecule has 1 saturated heterocycles. The first kappa shape index (κ1) is 28.4. The van der Waals surface area contributed by atoms with Gasteiger partial charge >= 0.3 is 6.18 Å². The van der Waals surface area contributed by atoms with Gasteiger partial charge in [-0.25, -0.2) is 17.2 Å². The van der Waals surface area contributed by atoms with Gasteiger partial charge in [-0.15, -0.1) is 0 Å². The van der Waals surface area contributed by atoms with Gasteiger partial charge in [0.15, 0.2) is 15.9 Å². The topological polar surface area (TPSA) is 117 Å². The van der Waals surface area contributed by atoms with E-state index in [9.17, 15) is 45.2 Å². The Balaban J connectivity index is 1.57. The number of halogens is 6. The molecule has 208 valence electrons. The zero-order valence-corrected chi connectivity index (χ0v) is 21.5. The fourth-order valence-corrected chi connectivity index (χ4v) is 7.03. The minimum absolute atomic E-state index is 0.319. The van der Waals surface area contributed by atoms with Gasteiger partial charge in [-0.2, -0.15) is 18.4 Å². The number of sulfone groups is 1. The van der Waals surface area contributed by atoms with Crippen LogP contribution >= 0.6 is 11.6 Å². The van der Waals surface area contributed by atoms with E-state index in [4.69, 9.17) is 16.3 Å². The zero-order chi connectivity index (χ0) is 28.3. The van der Waals surface area contributed by atoms with Crippen LogP contribution in [0.2, 0.25) is 5.02 Å². The van der Waals surface area contributed by atoms with Gasteiger partial charge in [0.2, 0.25) is 11.8 Å². The van der Waals surface area contributed by atoms with E-state index in [0.717, 1.165) is 30.0 Å². The van der Waals surface area contributed by atoms with Gasteiger partial charge in [-0.1, -0.05) is 11.6 Å². The number of benzene rings is 1. The van der Waals surface area contributed by atoms with E-state index in [1.54, 1.807) is 0 Å². The van der Waals surface area contributed by atoms with Gasteiger partial charge in [0, 0.05) is 6.07 Å². The highest BCUT2D eigenvalue weighted by Gasteiger charge is 2.55. The van der Waals surface area contributed by atoms with Crippen molar-refractivity contribution in [2.75, 3.05) is 13.1 Å². The van der Waals surface area contributed by atoms with Gasteiger partial charge < -0.3 is 15.0 Å². The summed E-state index contributed by atoms with van der Waals surface area (Å²) in [6, 6.07) is 4.87. The minimum Gasteiger partial charge on any atom is -0.481 e. The Morgan fingerprint density at radius 2 is 1.82 bits per heavy atom. The summed E-state index contributed by atoms with van der Waals surface area (Å²) in [7, 11) is -4.32. The van der Waals surface area contributed by atoms with Gasteiger partial charge in [-0.05, 0) is 44.7 Å². The van der Waals surface area contributed by atoms with Crippen LogP contribution in [0.15, 0.2) is 23.1 Å². The maximum atomic E-state index is 13.5. The highest BCUT2D eigenvalue weighted by Crippen LogP contribution is 2.44. The van der Waals surface area contributed by atoms with Crippen molar-refractivity contribution in [3.8, 4) is 11.8 Å². The van der Waals surface area contributed by atoms with E-state index in [1.807, 2.05) is 6.07 Å². The molecule has 1 unspecified atom stereocenters. The third-order valence-electron chi connectivity index (χ3n) is 7.08. The smallest absolute Gasteiger partial charge is 0.425 e. The van der Waals surface area contributed by atoms with E-state index < -0.39 is 85.5 Å². The Labute approximate surface area is 220 Å². The third kappa shape index (κ3) is 5.54. The number of alkyl halides is 5. The van der Waals surface area contributed by atoms with Crippen LogP contribution in [-0.4, -0.2) is 67.2 Å². The minimum atomic E-state index is -4.66. The summed E-state index contributed by atoms with van der Waals surface area (Å²) in [5.74, 6) is -7.32. The molecular formula is C23H23ClF5N3O5S. The Morgan fingerprint density at radius 3 is 2.32 bits per heavy atom. The lowest BCUT2D eigenvalue weighted by Gasteiger charge is -2.40. The summed E-state index contributed by atoms with van der Waals surface area (Å²) in [5.41, 5.74) is -1.10. The lowest BCUT2D eigenvalue weighted by atomic mass is 9.92. The van der Waals surface area contributed by atoms with Gasteiger partial charge in [-0.3, -0.25) is 9.59 Å². The molecule has 15 heteroatoms. The summed E-state index contributed by atoms with van der Waals surface area (Å²) in [5, 5.41) is 10.1. The molecule has 4 rings (SSSR count). The molecule has 0 aromatic heterocycles. The van der Waals surface area contributed by atoms with Crippen molar-refractivity contribution in [1.82, 2.24) is 10.2 Å². The number of nitriles is 1. The molecule has 1 aromatic rings. The molecule has 2 saturated carbocycles. The number of hydrogen-bond donors (Lipinski definition) is 1. The normalized spacial score (nSPS) is 26.6. The van der Waals surface area contributed by atoms with Crippen LogP contribution in [0.25, 0.3) is 0 Å². The number of carbonyl (C=O) groups excluding carboxylic acids is 2. The first-order chi connectivity index (χ1) is 17.5. The van der Waals surface area contributed by atoms with Crippen LogP contribution in [-0.2, 0) is 19.4 Å². The summed E-state index contributed by atoms with van der Waals surface area (Å²) >= 11 is 6.10. The maximum Gasteiger partial charge on any atom is 0.425 e. The van der Waals surface area contributed by atoms with Crippen molar-refractivity contribution in [2.45, 2.75) is 66.5 Å². The molecule has 1 aliphatic heterocycles. The quantitative estimate of drug-likeness (QED) is 0.491. The average Bonchev–Trinajstić information content (AvgIpc) is 3.41. The third-order valence-corrected chi connectivity index (χ3v) is 9.73.